The number of rotatable bonds is 3. The Morgan fingerprint density at radius 1 is 1.44 bits per heavy atom. The third-order valence-electron chi connectivity index (χ3n) is 2.15. The van der Waals surface area contributed by atoms with E-state index in [-0.39, 0.29) is 5.56 Å². The first-order valence-corrected chi connectivity index (χ1v) is 4.71. The smallest absolute Gasteiger partial charge is 0.325 e. The van der Waals surface area contributed by atoms with Gasteiger partial charge in [0.2, 0.25) is 0 Å². The van der Waals surface area contributed by atoms with Crippen molar-refractivity contribution in [2.75, 3.05) is 0 Å². The lowest BCUT2D eigenvalue weighted by molar-refractivity contribution is -0.138. The molecule has 1 rings (SSSR count). The third kappa shape index (κ3) is 2.79. The molecule has 0 radical (unpaired) electrons. The Morgan fingerprint density at radius 2 is 2.06 bits per heavy atom. The summed E-state index contributed by atoms with van der Waals surface area (Å²) in [7, 11) is 0. The fourth-order valence-electron chi connectivity index (χ4n) is 1.22. The van der Waals surface area contributed by atoms with E-state index in [1.807, 2.05) is 0 Å². The van der Waals surface area contributed by atoms with Crippen LogP contribution in [0.2, 0.25) is 0 Å². The van der Waals surface area contributed by atoms with Crippen LogP contribution < -0.4 is 5.32 Å². The average molecular weight is 225 g/mol. The highest BCUT2D eigenvalue weighted by atomic mass is 19.1. The average Bonchev–Trinajstić information content (AvgIpc) is 2.16. The van der Waals surface area contributed by atoms with Gasteiger partial charge in [0.05, 0.1) is 0 Å². The molecule has 16 heavy (non-hydrogen) atoms. The van der Waals surface area contributed by atoms with Crippen LogP contribution in [0.4, 0.5) is 4.39 Å². The third-order valence-corrected chi connectivity index (χ3v) is 2.15. The number of hydrogen-bond acceptors (Lipinski definition) is 2. The number of carboxylic acid groups (broad SMARTS) is 1. The molecule has 0 aliphatic rings. The normalized spacial score (nSPS) is 11.9. The first kappa shape index (κ1) is 12.2. The van der Waals surface area contributed by atoms with Crippen LogP contribution in [0.25, 0.3) is 0 Å². The van der Waals surface area contributed by atoms with Gasteiger partial charge in [-0.15, -0.1) is 0 Å². The number of carbonyl (C=O) groups is 2. The van der Waals surface area contributed by atoms with Gasteiger partial charge in [-0.3, -0.25) is 9.59 Å². The topological polar surface area (TPSA) is 66.4 Å². The van der Waals surface area contributed by atoms with E-state index < -0.39 is 23.7 Å². The second kappa shape index (κ2) is 4.74. The highest BCUT2D eigenvalue weighted by Crippen LogP contribution is 2.10. The van der Waals surface area contributed by atoms with E-state index in [1.165, 1.54) is 19.1 Å². The Morgan fingerprint density at radius 3 is 2.56 bits per heavy atom. The Hall–Kier alpha value is -1.91. The quantitative estimate of drug-likeness (QED) is 0.815. The standard InChI is InChI=1S/C11H12FNO3/c1-6-5-8(12)3-4-9(6)10(14)13-7(2)11(15)16/h3-5,7H,1-2H3,(H,13,14)(H,15,16)/t7-/m0/s1. The second-order valence-electron chi connectivity index (χ2n) is 3.49. The van der Waals surface area contributed by atoms with Gasteiger partial charge in [0, 0.05) is 5.56 Å². The summed E-state index contributed by atoms with van der Waals surface area (Å²) in [6.07, 6.45) is 0. The van der Waals surface area contributed by atoms with Crippen LogP contribution in [-0.4, -0.2) is 23.0 Å². The molecule has 4 nitrogen and oxygen atoms in total. The van der Waals surface area contributed by atoms with Gasteiger partial charge in [0.1, 0.15) is 11.9 Å². The van der Waals surface area contributed by atoms with Gasteiger partial charge in [-0.1, -0.05) is 0 Å². The minimum Gasteiger partial charge on any atom is -0.480 e. The van der Waals surface area contributed by atoms with Crippen molar-refractivity contribution in [3.05, 3.63) is 35.1 Å². The van der Waals surface area contributed by atoms with Crippen molar-refractivity contribution >= 4 is 11.9 Å². The number of hydrogen-bond donors (Lipinski definition) is 2. The predicted octanol–water partition coefficient (Wildman–Crippen LogP) is 1.34. The molecule has 0 fully saturated rings. The number of aliphatic carboxylic acids is 1. The van der Waals surface area contributed by atoms with Crippen LogP contribution in [0.1, 0.15) is 22.8 Å². The molecule has 0 aromatic heterocycles. The van der Waals surface area contributed by atoms with Gasteiger partial charge in [-0.2, -0.15) is 0 Å². The molecule has 0 saturated heterocycles. The summed E-state index contributed by atoms with van der Waals surface area (Å²) in [5.74, 6) is -2.07. The van der Waals surface area contributed by atoms with E-state index in [2.05, 4.69) is 5.32 Å². The van der Waals surface area contributed by atoms with Crippen molar-refractivity contribution < 1.29 is 19.1 Å². The van der Waals surface area contributed by atoms with Crippen LogP contribution in [-0.2, 0) is 4.79 Å². The molecule has 86 valence electrons. The molecule has 1 atom stereocenters. The monoisotopic (exact) mass is 225 g/mol. The van der Waals surface area contributed by atoms with E-state index in [4.69, 9.17) is 5.11 Å². The highest BCUT2D eigenvalue weighted by molar-refractivity contribution is 5.97. The molecule has 1 aromatic rings. The van der Waals surface area contributed by atoms with Crippen molar-refractivity contribution in [1.29, 1.82) is 0 Å². The van der Waals surface area contributed by atoms with E-state index >= 15 is 0 Å². The van der Waals surface area contributed by atoms with Crippen molar-refractivity contribution in [2.24, 2.45) is 0 Å². The van der Waals surface area contributed by atoms with Gasteiger partial charge in [0.25, 0.3) is 5.91 Å². The fraction of sp³-hybridized carbons (Fsp3) is 0.273. The van der Waals surface area contributed by atoms with Crippen molar-refractivity contribution in [2.45, 2.75) is 19.9 Å². The molecule has 0 aliphatic heterocycles. The molecule has 0 aliphatic carbocycles. The largest absolute Gasteiger partial charge is 0.480 e. The van der Waals surface area contributed by atoms with Gasteiger partial charge < -0.3 is 10.4 Å². The Bertz CT molecular complexity index is 431. The highest BCUT2D eigenvalue weighted by Gasteiger charge is 2.16. The minimum atomic E-state index is -1.12. The second-order valence-corrected chi connectivity index (χ2v) is 3.49. The van der Waals surface area contributed by atoms with E-state index in [0.717, 1.165) is 6.07 Å². The lowest BCUT2D eigenvalue weighted by Gasteiger charge is -2.10. The number of carboxylic acids is 1. The van der Waals surface area contributed by atoms with Crippen LogP contribution in [0.3, 0.4) is 0 Å². The molecule has 0 heterocycles. The van der Waals surface area contributed by atoms with Gasteiger partial charge in [0.15, 0.2) is 0 Å². The van der Waals surface area contributed by atoms with Crippen molar-refractivity contribution in [1.82, 2.24) is 5.32 Å². The van der Waals surface area contributed by atoms with Crippen LogP contribution in [0.5, 0.6) is 0 Å². The summed E-state index contributed by atoms with van der Waals surface area (Å²) in [5, 5.41) is 10.9. The summed E-state index contributed by atoms with van der Waals surface area (Å²) >= 11 is 0. The maximum Gasteiger partial charge on any atom is 0.325 e. The molecule has 0 spiro atoms. The molecule has 0 unspecified atom stereocenters. The Balaban J connectivity index is 2.85. The first-order chi connectivity index (χ1) is 7.41. The van der Waals surface area contributed by atoms with Crippen LogP contribution in [0.15, 0.2) is 18.2 Å². The van der Waals surface area contributed by atoms with Gasteiger partial charge in [-0.25, -0.2) is 4.39 Å². The summed E-state index contributed by atoms with van der Waals surface area (Å²) in [5.41, 5.74) is 0.740. The predicted molar refractivity (Wildman–Crippen MR) is 55.7 cm³/mol. The maximum absolute atomic E-state index is 12.8. The molecule has 2 N–H and O–H groups in total. The number of aryl methyl sites for hydroxylation is 1. The number of benzene rings is 1. The number of carbonyl (C=O) groups excluding carboxylic acids is 1. The van der Waals surface area contributed by atoms with Crippen molar-refractivity contribution in [3.8, 4) is 0 Å². The van der Waals surface area contributed by atoms with E-state index in [9.17, 15) is 14.0 Å². The number of amides is 1. The summed E-state index contributed by atoms with van der Waals surface area (Å²) in [4.78, 5) is 22.1. The SMILES string of the molecule is Cc1cc(F)ccc1C(=O)N[C@@H](C)C(=O)O. The number of nitrogens with one attached hydrogen (secondary N) is 1. The van der Waals surface area contributed by atoms with Crippen molar-refractivity contribution in [3.63, 3.8) is 0 Å². The fourth-order valence-corrected chi connectivity index (χ4v) is 1.22. The zero-order valence-electron chi connectivity index (χ0n) is 8.95. The molecular weight excluding hydrogens is 213 g/mol. The minimum absolute atomic E-state index is 0.273. The van der Waals surface area contributed by atoms with Gasteiger partial charge >= 0.3 is 5.97 Å². The molecule has 1 amide bonds. The zero-order valence-corrected chi connectivity index (χ0v) is 8.95. The zero-order chi connectivity index (χ0) is 12.3. The Labute approximate surface area is 92.1 Å². The molecule has 0 bridgehead atoms. The lowest BCUT2D eigenvalue weighted by Crippen LogP contribution is -2.38. The van der Waals surface area contributed by atoms with Crippen LogP contribution >= 0.6 is 0 Å². The number of halogens is 1. The van der Waals surface area contributed by atoms with Gasteiger partial charge in [-0.05, 0) is 37.6 Å². The summed E-state index contributed by atoms with van der Waals surface area (Å²) in [6, 6.07) is 2.74. The Kier molecular flexibility index (Phi) is 3.60. The summed E-state index contributed by atoms with van der Waals surface area (Å²) in [6.45, 7) is 2.95. The van der Waals surface area contributed by atoms with Crippen LogP contribution in [0, 0.1) is 12.7 Å². The molecule has 5 heteroatoms. The molecular formula is C11H12FNO3. The lowest BCUT2D eigenvalue weighted by atomic mass is 10.1. The van der Waals surface area contributed by atoms with E-state index in [1.54, 1.807) is 6.92 Å². The summed E-state index contributed by atoms with van der Waals surface area (Å²) < 4.78 is 12.8. The molecule has 1 aromatic carbocycles. The van der Waals surface area contributed by atoms with E-state index in [0.29, 0.717) is 5.56 Å². The first-order valence-electron chi connectivity index (χ1n) is 4.71. The maximum atomic E-state index is 12.8. The molecule has 0 saturated carbocycles.